The molecular weight excluding hydrogens is 242 g/mol. The second-order valence-electron chi connectivity index (χ2n) is 4.32. The fourth-order valence-corrected chi connectivity index (χ4v) is 1.88. The van der Waals surface area contributed by atoms with Gasteiger partial charge in [-0.1, -0.05) is 18.2 Å². The number of hydrogen-bond acceptors (Lipinski definition) is 3. The highest BCUT2D eigenvalue weighted by Crippen LogP contribution is 2.14. The predicted molar refractivity (Wildman–Crippen MR) is 71.6 cm³/mol. The number of H-pyrrole nitrogens is 1. The van der Waals surface area contributed by atoms with Crippen molar-refractivity contribution in [3.05, 3.63) is 53.3 Å². The van der Waals surface area contributed by atoms with E-state index < -0.39 is 0 Å². The zero-order valence-electron chi connectivity index (χ0n) is 11.0. The molecule has 0 fully saturated rings. The molecule has 5 heteroatoms. The zero-order chi connectivity index (χ0) is 13.7. The third kappa shape index (κ3) is 3.20. The topological polar surface area (TPSA) is 67.0 Å². The van der Waals surface area contributed by atoms with Gasteiger partial charge in [-0.3, -0.25) is 9.89 Å². The molecular formula is C14H17N3O2. The molecule has 1 amide bonds. The summed E-state index contributed by atoms with van der Waals surface area (Å²) in [6.45, 7) is 2.34. The lowest BCUT2D eigenvalue weighted by atomic mass is 10.1. The van der Waals surface area contributed by atoms with Gasteiger partial charge in [-0.2, -0.15) is 5.10 Å². The molecule has 1 unspecified atom stereocenters. The monoisotopic (exact) mass is 259 g/mol. The van der Waals surface area contributed by atoms with Crippen LogP contribution < -0.4 is 5.32 Å². The minimum Gasteiger partial charge on any atom is -0.380 e. The van der Waals surface area contributed by atoms with Crippen molar-refractivity contribution < 1.29 is 9.53 Å². The van der Waals surface area contributed by atoms with Gasteiger partial charge >= 0.3 is 0 Å². The van der Waals surface area contributed by atoms with E-state index in [-0.39, 0.29) is 11.9 Å². The van der Waals surface area contributed by atoms with Crippen molar-refractivity contribution in [2.24, 2.45) is 0 Å². The first-order valence-corrected chi connectivity index (χ1v) is 6.08. The molecule has 1 heterocycles. The highest BCUT2D eigenvalue weighted by atomic mass is 16.5. The van der Waals surface area contributed by atoms with E-state index in [0.29, 0.717) is 12.2 Å². The number of aromatic amines is 1. The maximum Gasteiger partial charge on any atom is 0.252 e. The lowest BCUT2D eigenvalue weighted by Gasteiger charge is -2.14. The minimum atomic E-state index is -0.110. The van der Waals surface area contributed by atoms with Gasteiger partial charge in [0.25, 0.3) is 5.91 Å². The fraction of sp³-hybridized carbons (Fsp3) is 0.286. The first kappa shape index (κ1) is 13.3. The van der Waals surface area contributed by atoms with Gasteiger partial charge in [0.2, 0.25) is 0 Å². The number of benzene rings is 1. The van der Waals surface area contributed by atoms with Crippen LogP contribution in [0, 0.1) is 0 Å². The van der Waals surface area contributed by atoms with Crippen molar-refractivity contribution >= 4 is 5.91 Å². The Bertz CT molecular complexity index is 537. The van der Waals surface area contributed by atoms with Crippen LogP contribution in [0.3, 0.4) is 0 Å². The number of ether oxygens (including phenoxy) is 1. The van der Waals surface area contributed by atoms with E-state index in [1.807, 2.05) is 25.1 Å². The molecule has 19 heavy (non-hydrogen) atoms. The van der Waals surface area contributed by atoms with Crippen LogP contribution in [0.2, 0.25) is 0 Å². The minimum absolute atomic E-state index is 0.0955. The van der Waals surface area contributed by atoms with Gasteiger partial charge in [-0.05, 0) is 18.6 Å². The molecule has 1 aromatic carbocycles. The van der Waals surface area contributed by atoms with E-state index in [2.05, 4.69) is 15.5 Å². The van der Waals surface area contributed by atoms with E-state index >= 15 is 0 Å². The number of carbonyl (C=O) groups excluding carboxylic acids is 1. The Morgan fingerprint density at radius 1 is 1.47 bits per heavy atom. The molecule has 2 aromatic rings. The Kier molecular flexibility index (Phi) is 4.30. The summed E-state index contributed by atoms with van der Waals surface area (Å²) in [5.41, 5.74) is 2.46. The van der Waals surface area contributed by atoms with E-state index in [0.717, 1.165) is 11.1 Å². The number of amides is 1. The molecule has 2 N–H and O–H groups in total. The summed E-state index contributed by atoms with van der Waals surface area (Å²) < 4.78 is 5.10. The van der Waals surface area contributed by atoms with Crippen LogP contribution in [0.4, 0.5) is 0 Å². The number of aromatic nitrogens is 2. The summed E-state index contributed by atoms with van der Waals surface area (Å²) in [5, 5.41) is 9.55. The molecule has 1 atom stereocenters. The van der Waals surface area contributed by atoms with Gasteiger partial charge in [-0.15, -0.1) is 0 Å². The van der Waals surface area contributed by atoms with Crippen molar-refractivity contribution in [1.82, 2.24) is 15.5 Å². The Morgan fingerprint density at radius 2 is 2.26 bits per heavy atom. The summed E-state index contributed by atoms with van der Waals surface area (Å²) in [5.74, 6) is -0.110. The third-order valence-corrected chi connectivity index (χ3v) is 2.93. The average molecular weight is 259 g/mol. The maximum absolute atomic E-state index is 12.2. The molecule has 5 nitrogen and oxygen atoms in total. The zero-order valence-corrected chi connectivity index (χ0v) is 11.0. The van der Waals surface area contributed by atoms with Crippen molar-refractivity contribution in [2.75, 3.05) is 7.11 Å². The van der Waals surface area contributed by atoms with Crippen molar-refractivity contribution in [1.29, 1.82) is 0 Å². The van der Waals surface area contributed by atoms with Crippen LogP contribution >= 0.6 is 0 Å². The Morgan fingerprint density at radius 3 is 2.95 bits per heavy atom. The SMILES string of the molecule is COCc1ccccc1C(=O)NC(C)c1cn[nH]c1. The van der Waals surface area contributed by atoms with Gasteiger partial charge in [0.05, 0.1) is 18.8 Å². The molecule has 0 aliphatic rings. The van der Waals surface area contributed by atoms with Crippen LogP contribution in [0.5, 0.6) is 0 Å². The van der Waals surface area contributed by atoms with Crippen LogP contribution in [0.25, 0.3) is 0 Å². The highest BCUT2D eigenvalue weighted by molar-refractivity contribution is 5.95. The molecule has 100 valence electrons. The highest BCUT2D eigenvalue weighted by Gasteiger charge is 2.14. The summed E-state index contributed by atoms with van der Waals surface area (Å²) in [6, 6.07) is 7.33. The van der Waals surface area contributed by atoms with Gasteiger partial charge in [-0.25, -0.2) is 0 Å². The predicted octanol–water partition coefficient (Wildman–Crippen LogP) is 2.05. The molecule has 0 saturated heterocycles. The molecule has 0 radical (unpaired) electrons. The standard InChI is InChI=1S/C14H17N3O2/c1-10(12-7-15-16-8-12)17-14(18)13-6-4-3-5-11(13)9-19-2/h3-8,10H,9H2,1-2H3,(H,15,16)(H,17,18). The van der Waals surface area contributed by atoms with E-state index in [9.17, 15) is 4.79 Å². The smallest absolute Gasteiger partial charge is 0.252 e. The van der Waals surface area contributed by atoms with Gasteiger partial charge < -0.3 is 10.1 Å². The average Bonchev–Trinajstić information content (AvgIpc) is 2.93. The van der Waals surface area contributed by atoms with E-state index in [4.69, 9.17) is 4.74 Å². The molecule has 0 bridgehead atoms. The number of nitrogens with zero attached hydrogens (tertiary/aromatic N) is 1. The summed E-state index contributed by atoms with van der Waals surface area (Å²) in [6.07, 6.45) is 3.47. The number of hydrogen-bond donors (Lipinski definition) is 2. The van der Waals surface area contributed by atoms with E-state index in [1.54, 1.807) is 25.6 Å². The van der Waals surface area contributed by atoms with Crippen LogP contribution in [-0.2, 0) is 11.3 Å². The second-order valence-corrected chi connectivity index (χ2v) is 4.32. The lowest BCUT2D eigenvalue weighted by molar-refractivity contribution is 0.0935. The Hall–Kier alpha value is -2.14. The number of carbonyl (C=O) groups is 1. The fourth-order valence-electron chi connectivity index (χ4n) is 1.88. The maximum atomic E-state index is 12.2. The molecule has 2 rings (SSSR count). The van der Waals surface area contributed by atoms with Gasteiger partial charge in [0, 0.05) is 24.4 Å². The quantitative estimate of drug-likeness (QED) is 0.863. The van der Waals surface area contributed by atoms with Gasteiger partial charge in [0.1, 0.15) is 0 Å². The Labute approximate surface area is 112 Å². The molecule has 0 aliphatic carbocycles. The molecule has 1 aromatic heterocycles. The first-order valence-electron chi connectivity index (χ1n) is 6.08. The lowest BCUT2D eigenvalue weighted by Crippen LogP contribution is -2.27. The summed E-state index contributed by atoms with van der Waals surface area (Å²) >= 11 is 0. The number of rotatable bonds is 5. The van der Waals surface area contributed by atoms with Crippen molar-refractivity contribution in [2.45, 2.75) is 19.6 Å². The van der Waals surface area contributed by atoms with Gasteiger partial charge in [0.15, 0.2) is 0 Å². The second kappa shape index (κ2) is 6.15. The van der Waals surface area contributed by atoms with Crippen molar-refractivity contribution in [3.8, 4) is 0 Å². The largest absolute Gasteiger partial charge is 0.380 e. The Balaban J connectivity index is 2.11. The number of methoxy groups -OCH3 is 1. The van der Waals surface area contributed by atoms with E-state index in [1.165, 1.54) is 0 Å². The van der Waals surface area contributed by atoms with Crippen LogP contribution in [-0.4, -0.2) is 23.2 Å². The third-order valence-electron chi connectivity index (χ3n) is 2.93. The summed E-state index contributed by atoms with van der Waals surface area (Å²) in [4.78, 5) is 12.2. The number of nitrogens with one attached hydrogen (secondary N) is 2. The molecule has 0 saturated carbocycles. The molecule has 0 aliphatic heterocycles. The summed E-state index contributed by atoms with van der Waals surface area (Å²) in [7, 11) is 1.61. The van der Waals surface area contributed by atoms with Crippen LogP contribution in [0.1, 0.15) is 34.5 Å². The van der Waals surface area contributed by atoms with Crippen LogP contribution in [0.15, 0.2) is 36.7 Å². The first-order chi connectivity index (χ1) is 9.22. The van der Waals surface area contributed by atoms with Crippen molar-refractivity contribution in [3.63, 3.8) is 0 Å². The normalized spacial score (nSPS) is 12.1. The molecule has 0 spiro atoms.